The van der Waals surface area contributed by atoms with Crippen LogP contribution in [-0.4, -0.2) is 48.6 Å². The Hall–Kier alpha value is -3.43. The minimum Gasteiger partial charge on any atom is -0.438 e. The summed E-state index contributed by atoms with van der Waals surface area (Å²) < 4.78 is 50.2. The van der Waals surface area contributed by atoms with Gasteiger partial charge in [0.1, 0.15) is 11.3 Å². The first-order valence-electron chi connectivity index (χ1n) is 10.9. The van der Waals surface area contributed by atoms with E-state index in [1.165, 1.54) is 18.3 Å². The van der Waals surface area contributed by atoms with Gasteiger partial charge in [0.15, 0.2) is 0 Å². The minimum absolute atomic E-state index is 0.170. The van der Waals surface area contributed by atoms with Crippen LogP contribution in [0.25, 0.3) is 0 Å². The first-order valence-corrected chi connectivity index (χ1v) is 10.9. The summed E-state index contributed by atoms with van der Waals surface area (Å²) in [6.45, 7) is 2.45. The highest BCUT2D eigenvalue weighted by Gasteiger charge is 2.31. The van der Waals surface area contributed by atoms with Crippen molar-refractivity contribution in [3.63, 3.8) is 0 Å². The molecule has 4 rings (SSSR count). The lowest BCUT2D eigenvalue weighted by atomic mass is 10.0. The normalized spacial score (nSPS) is 15.5. The topological polar surface area (TPSA) is 63.7 Å². The third-order valence-corrected chi connectivity index (χ3v) is 5.54. The monoisotopic (exact) mass is 471 g/mol. The maximum absolute atomic E-state index is 13.0. The van der Waals surface area contributed by atoms with Crippen LogP contribution in [0.2, 0.25) is 0 Å². The number of hydrogen-bond donors (Lipinski definition) is 1. The van der Waals surface area contributed by atoms with Gasteiger partial charge in [0.25, 0.3) is 5.91 Å². The lowest BCUT2D eigenvalue weighted by Crippen LogP contribution is -2.43. The van der Waals surface area contributed by atoms with E-state index in [9.17, 15) is 18.0 Å². The third-order valence-electron chi connectivity index (χ3n) is 5.54. The Morgan fingerprint density at radius 3 is 2.41 bits per heavy atom. The molecule has 1 aliphatic rings. The maximum atomic E-state index is 13.0. The number of benzene rings is 2. The summed E-state index contributed by atoms with van der Waals surface area (Å²) in [6, 6.07) is 17.0. The molecule has 1 N–H and O–H groups in total. The number of carbonyl (C=O) groups is 1. The zero-order valence-corrected chi connectivity index (χ0v) is 18.3. The van der Waals surface area contributed by atoms with Crippen molar-refractivity contribution in [2.45, 2.75) is 12.2 Å². The van der Waals surface area contributed by atoms with Gasteiger partial charge in [0, 0.05) is 25.8 Å². The van der Waals surface area contributed by atoms with Crippen LogP contribution < -0.4 is 10.1 Å². The Balaban J connectivity index is 1.51. The van der Waals surface area contributed by atoms with Gasteiger partial charge in [-0.3, -0.25) is 9.69 Å². The number of morpholine rings is 1. The van der Waals surface area contributed by atoms with E-state index in [0.717, 1.165) is 12.1 Å². The molecule has 0 radical (unpaired) electrons. The van der Waals surface area contributed by atoms with Gasteiger partial charge >= 0.3 is 6.18 Å². The summed E-state index contributed by atoms with van der Waals surface area (Å²) in [7, 11) is 0. The van der Waals surface area contributed by atoms with Gasteiger partial charge in [0.05, 0.1) is 24.8 Å². The van der Waals surface area contributed by atoms with E-state index in [1.807, 2.05) is 18.2 Å². The van der Waals surface area contributed by atoms with E-state index in [2.05, 4.69) is 15.2 Å². The SMILES string of the molecule is O=C(NCC(c1ccc(C(F)(F)F)cc1)N1CCOCC1)c1cccnc1Oc1ccccc1. The molecular weight excluding hydrogens is 447 g/mol. The smallest absolute Gasteiger partial charge is 0.416 e. The van der Waals surface area contributed by atoms with Crippen molar-refractivity contribution in [1.82, 2.24) is 15.2 Å². The number of amides is 1. The highest BCUT2D eigenvalue weighted by atomic mass is 19.4. The molecule has 0 saturated carbocycles. The molecule has 1 aromatic heterocycles. The predicted octanol–water partition coefficient (Wildman–Crippen LogP) is 4.70. The standard InChI is InChI=1S/C25H24F3N3O3/c26-25(27,28)19-10-8-18(9-11-19)22(31-13-15-33-16-14-31)17-30-23(32)21-7-4-12-29-24(21)34-20-5-2-1-3-6-20/h1-12,22H,13-17H2,(H,30,32). The lowest BCUT2D eigenvalue weighted by molar-refractivity contribution is -0.137. The molecule has 0 bridgehead atoms. The van der Waals surface area contributed by atoms with Crippen molar-refractivity contribution >= 4 is 5.91 Å². The molecule has 1 fully saturated rings. The number of rotatable bonds is 7. The van der Waals surface area contributed by atoms with Gasteiger partial charge in [-0.1, -0.05) is 30.3 Å². The molecule has 2 heterocycles. The van der Waals surface area contributed by atoms with Gasteiger partial charge in [-0.25, -0.2) is 4.98 Å². The Morgan fingerprint density at radius 1 is 1.03 bits per heavy atom. The quantitative estimate of drug-likeness (QED) is 0.542. The summed E-state index contributed by atoms with van der Waals surface area (Å²) >= 11 is 0. The Bertz CT molecular complexity index is 1090. The number of ether oxygens (including phenoxy) is 2. The van der Waals surface area contributed by atoms with Crippen molar-refractivity contribution in [3.8, 4) is 11.6 Å². The van der Waals surface area contributed by atoms with E-state index < -0.39 is 11.7 Å². The number of aromatic nitrogens is 1. The number of alkyl halides is 3. The summed E-state index contributed by atoms with van der Waals surface area (Å²) in [5, 5.41) is 2.90. The third kappa shape index (κ3) is 5.92. The zero-order valence-electron chi connectivity index (χ0n) is 18.3. The van der Waals surface area contributed by atoms with Crippen LogP contribution in [0.5, 0.6) is 11.6 Å². The van der Waals surface area contributed by atoms with E-state index in [1.54, 1.807) is 24.3 Å². The van der Waals surface area contributed by atoms with Crippen LogP contribution >= 0.6 is 0 Å². The number of nitrogens with one attached hydrogen (secondary N) is 1. The molecule has 178 valence electrons. The first kappa shape index (κ1) is 23.7. The van der Waals surface area contributed by atoms with Gasteiger partial charge in [-0.15, -0.1) is 0 Å². The summed E-state index contributed by atoms with van der Waals surface area (Å²) in [5.74, 6) is 0.332. The van der Waals surface area contributed by atoms with Gasteiger partial charge in [-0.2, -0.15) is 13.2 Å². The van der Waals surface area contributed by atoms with Crippen molar-refractivity contribution < 1.29 is 27.4 Å². The molecule has 0 spiro atoms. The van der Waals surface area contributed by atoms with Crippen molar-refractivity contribution in [2.24, 2.45) is 0 Å². The predicted molar refractivity (Wildman–Crippen MR) is 120 cm³/mol. The highest BCUT2D eigenvalue weighted by Crippen LogP contribution is 2.31. The van der Waals surface area contributed by atoms with Crippen LogP contribution in [0, 0.1) is 0 Å². The molecule has 1 unspecified atom stereocenters. The Labute approximate surface area is 195 Å². The Morgan fingerprint density at radius 2 is 1.74 bits per heavy atom. The van der Waals surface area contributed by atoms with Crippen molar-refractivity contribution in [1.29, 1.82) is 0 Å². The van der Waals surface area contributed by atoms with E-state index in [0.29, 0.717) is 37.6 Å². The molecule has 0 aliphatic carbocycles. The number of halogens is 3. The van der Waals surface area contributed by atoms with Crippen LogP contribution in [0.1, 0.15) is 27.5 Å². The molecule has 2 aromatic carbocycles. The van der Waals surface area contributed by atoms with E-state index >= 15 is 0 Å². The van der Waals surface area contributed by atoms with Crippen molar-refractivity contribution in [2.75, 3.05) is 32.8 Å². The van der Waals surface area contributed by atoms with E-state index in [-0.39, 0.29) is 29.9 Å². The Kier molecular flexibility index (Phi) is 7.44. The number of para-hydroxylation sites is 1. The second-order valence-electron chi connectivity index (χ2n) is 7.77. The molecule has 1 amide bonds. The zero-order chi connectivity index (χ0) is 24.0. The molecular formula is C25H24F3N3O3. The molecule has 9 heteroatoms. The average Bonchev–Trinajstić information content (AvgIpc) is 2.85. The first-order chi connectivity index (χ1) is 16.4. The highest BCUT2D eigenvalue weighted by molar-refractivity contribution is 5.96. The van der Waals surface area contributed by atoms with Gasteiger partial charge < -0.3 is 14.8 Å². The summed E-state index contributed by atoms with van der Waals surface area (Å²) in [6.07, 6.45) is -2.87. The van der Waals surface area contributed by atoms with Crippen LogP contribution in [0.4, 0.5) is 13.2 Å². The fourth-order valence-corrected chi connectivity index (χ4v) is 3.77. The number of carbonyl (C=O) groups excluding carboxylic acids is 1. The fraction of sp³-hybridized carbons (Fsp3) is 0.280. The number of hydrogen-bond acceptors (Lipinski definition) is 5. The van der Waals surface area contributed by atoms with Gasteiger partial charge in [0.2, 0.25) is 5.88 Å². The molecule has 1 aliphatic heterocycles. The van der Waals surface area contributed by atoms with Crippen LogP contribution in [-0.2, 0) is 10.9 Å². The van der Waals surface area contributed by atoms with Gasteiger partial charge in [-0.05, 0) is 42.0 Å². The summed E-state index contributed by atoms with van der Waals surface area (Å²) in [4.78, 5) is 19.3. The molecule has 3 aromatic rings. The van der Waals surface area contributed by atoms with Crippen LogP contribution in [0.3, 0.4) is 0 Å². The van der Waals surface area contributed by atoms with Crippen LogP contribution in [0.15, 0.2) is 72.9 Å². The molecule has 6 nitrogen and oxygen atoms in total. The largest absolute Gasteiger partial charge is 0.438 e. The maximum Gasteiger partial charge on any atom is 0.416 e. The number of pyridine rings is 1. The number of nitrogens with zero attached hydrogens (tertiary/aromatic N) is 2. The lowest BCUT2D eigenvalue weighted by Gasteiger charge is -2.35. The second-order valence-corrected chi connectivity index (χ2v) is 7.77. The molecule has 1 saturated heterocycles. The second kappa shape index (κ2) is 10.7. The summed E-state index contributed by atoms with van der Waals surface area (Å²) in [5.41, 5.74) is 0.237. The molecule has 34 heavy (non-hydrogen) atoms. The minimum atomic E-state index is -4.41. The van der Waals surface area contributed by atoms with Crippen molar-refractivity contribution in [3.05, 3.63) is 89.6 Å². The molecule has 1 atom stereocenters. The van der Waals surface area contributed by atoms with E-state index in [4.69, 9.17) is 9.47 Å². The fourth-order valence-electron chi connectivity index (χ4n) is 3.77. The average molecular weight is 471 g/mol.